The molecule has 1 aromatic rings. The van der Waals surface area contributed by atoms with Crippen LogP contribution in [0.4, 0.5) is 0 Å². The number of H-pyrrole nitrogens is 1. The highest BCUT2D eigenvalue weighted by molar-refractivity contribution is 4.87. The fourth-order valence-electron chi connectivity index (χ4n) is 0.396. The van der Waals surface area contributed by atoms with Crippen LogP contribution < -0.4 is 11.4 Å². The third kappa shape index (κ3) is 0.481. The number of aromatic nitrogens is 3. The molecule has 0 saturated heterocycles. The van der Waals surface area contributed by atoms with E-state index in [2.05, 4.69) is 10.3 Å². The van der Waals surface area contributed by atoms with Gasteiger partial charge in [0.15, 0.2) is 0 Å². The van der Waals surface area contributed by atoms with Gasteiger partial charge in [-0.2, -0.15) is 10.3 Å². The molecule has 1 aromatic heterocycles. The lowest BCUT2D eigenvalue weighted by molar-refractivity contribution is 0.746. The summed E-state index contributed by atoms with van der Waals surface area (Å²) < 4.78 is 0. The summed E-state index contributed by atoms with van der Waals surface area (Å²) in [5.41, 5.74) is 0.0949. The largest absolute Gasteiger partial charge is 0.320 e. The van der Waals surface area contributed by atoms with Crippen molar-refractivity contribution >= 4 is 0 Å². The van der Waals surface area contributed by atoms with Crippen LogP contribution in [-0.4, -0.2) is 15.1 Å². The molecule has 0 fully saturated rings. The summed E-state index contributed by atoms with van der Waals surface area (Å²) in [5.74, 6) is 5.03. The molecule has 5 nitrogen and oxygen atoms in total. The van der Waals surface area contributed by atoms with Crippen molar-refractivity contribution in [3.8, 4) is 0 Å². The molecule has 8 heavy (non-hydrogen) atoms. The predicted octanol–water partition coefficient (Wildman–Crippen LogP) is -1.41. The number of hydrogen-bond donors (Lipinski definition) is 2. The molecule has 1 rings (SSSR count). The lowest BCUT2D eigenvalue weighted by Crippen LogP contribution is -2.25. The summed E-state index contributed by atoms with van der Waals surface area (Å²) in [6.07, 6.45) is 0. The van der Waals surface area contributed by atoms with Gasteiger partial charge < -0.3 is 5.84 Å². The molecule has 44 valence electrons. The van der Waals surface area contributed by atoms with Crippen molar-refractivity contribution in [3.05, 3.63) is 16.0 Å². The van der Waals surface area contributed by atoms with Crippen LogP contribution in [0.2, 0.25) is 0 Å². The molecule has 1 heterocycles. The smallest absolute Gasteiger partial charge is 0.308 e. The minimum atomic E-state index is -0.287. The number of hydrogen-bond acceptors (Lipinski definition) is 3. The Morgan fingerprint density at radius 2 is 2.50 bits per heavy atom. The Bertz CT molecular complexity index is 211. The second kappa shape index (κ2) is 1.36. The van der Waals surface area contributed by atoms with E-state index in [9.17, 15) is 4.79 Å². The first-order chi connectivity index (χ1) is 3.72. The van der Waals surface area contributed by atoms with E-state index >= 15 is 0 Å². The van der Waals surface area contributed by atoms with Gasteiger partial charge in [-0.1, -0.05) is 0 Å². The molecule has 0 radical (unpaired) electrons. The van der Waals surface area contributed by atoms with E-state index in [1.165, 1.54) is 0 Å². The number of nitrogens with zero attached hydrogens (tertiary/aromatic N) is 2. The average Bonchev–Trinajstić information content (AvgIpc) is 1.98. The zero-order valence-electron chi connectivity index (χ0n) is 4.38. The zero-order chi connectivity index (χ0) is 6.15. The Hall–Kier alpha value is -1.26. The molecule has 0 spiro atoms. The second-order valence-electron chi connectivity index (χ2n) is 1.47. The van der Waals surface area contributed by atoms with Gasteiger partial charge in [0, 0.05) is 0 Å². The van der Waals surface area contributed by atoms with Gasteiger partial charge in [-0.05, 0) is 6.92 Å². The highest BCUT2D eigenvalue weighted by atomic mass is 16.1. The van der Waals surface area contributed by atoms with Crippen molar-refractivity contribution in [1.29, 1.82) is 0 Å². The number of rotatable bonds is 0. The van der Waals surface area contributed by atoms with Crippen molar-refractivity contribution in [1.82, 2.24) is 15.1 Å². The normalized spacial score (nSPS) is 9.62. The predicted molar refractivity (Wildman–Crippen MR) is 27.7 cm³/mol. The van der Waals surface area contributed by atoms with Crippen LogP contribution in [0, 0.1) is 6.92 Å². The van der Waals surface area contributed by atoms with Crippen LogP contribution in [-0.2, 0) is 0 Å². The van der Waals surface area contributed by atoms with Gasteiger partial charge in [-0.25, -0.2) is 0 Å². The third-order valence-corrected chi connectivity index (χ3v) is 0.854. The molecule has 0 aliphatic heterocycles. The van der Waals surface area contributed by atoms with Crippen LogP contribution in [0.5, 0.6) is 0 Å². The van der Waals surface area contributed by atoms with E-state index in [1.807, 2.05) is 0 Å². The van der Waals surface area contributed by atoms with E-state index in [0.717, 1.165) is 4.79 Å². The minimum Gasteiger partial charge on any atom is -0.320 e. The van der Waals surface area contributed by atoms with Gasteiger partial charge in [-0.3, -0.25) is 4.79 Å². The molecule has 5 heteroatoms. The Balaban J connectivity index is 3.42. The topological polar surface area (TPSA) is 76.7 Å². The first kappa shape index (κ1) is 4.89. The molecular weight excluding hydrogens is 108 g/mol. The Kier molecular flexibility index (Phi) is 0.831. The van der Waals surface area contributed by atoms with Crippen molar-refractivity contribution in [3.63, 3.8) is 0 Å². The Morgan fingerprint density at radius 3 is 2.62 bits per heavy atom. The summed E-state index contributed by atoms with van der Waals surface area (Å²) >= 11 is 0. The van der Waals surface area contributed by atoms with Gasteiger partial charge in [0.05, 0.1) is 0 Å². The summed E-state index contributed by atoms with van der Waals surface area (Å²) in [5, 5.41) is 5.78. The van der Waals surface area contributed by atoms with E-state index in [1.54, 1.807) is 6.92 Å². The number of nitrogens with two attached hydrogens (primary N) is 1. The molecule has 0 amide bonds. The number of aromatic amines is 1. The van der Waals surface area contributed by atoms with Gasteiger partial charge in [0.2, 0.25) is 0 Å². The molecule has 0 atom stereocenters. The third-order valence-electron chi connectivity index (χ3n) is 0.854. The van der Waals surface area contributed by atoms with Gasteiger partial charge >= 0.3 is 5.56 Å². The van der Waals surface area contributed by atoms with Crippen molar-refractivity contribution in [2.24, 2.45) is 0 Å². The van der Waals surface area contributed by atoms with Crippen LogP contribution >= 0.6 is 0 Å². The standard InChI is InChI=1S/C3H6N4O/c1-2-3(8)7(4)6-5-2/h6H,4H2,1H3. The Morgan fingerprint density at radius 1 is 1.88 bits per heavy atom. The monoisotopic (exact) mass is 114 g/mol. The minimum absolute atomic E-state index is 0.287. The van der Waals surface area contributed by atoms with Crippen LogP contribution in [0.1, 0.15) is 5.69 Å². The van der Waals surface area contributed by atoms with Crippen molar-refractivity contribution in [2.45, 2.75) is 6.92 Å². The van der Waals surface area contributed by atoms with E-state index in [-0.39, 0.29) is 5.56 Å². The summed E-state index contributed by atoms with van der Waals surface area (Å²) in [4.78, 5) is 11.3. The molecule has 0 saturated carbocycles. The number of aryl methyl sites for hydroxylation is 1. The van der Waals surface area contributed by atoms with E-state index in [0.29, 0.717) is 5.69 Å². The SMILES string of the molecule is Cc1n[nH]n(N)c1=O. The average molecular weight is 114 g/mol. The maximum atomic E-state index is 10.5. The van der Waals surface area contributed by atoms with Gasteiger partial charge in [-0.15, -0.1) is 4.79 Å². The quantitative estimate of drug-likeness (QED) is 0.407. The first-order valence-electron chi connectivity index (χ1n) is 2.11. The fourth-order valence-corrected chi connectivity index (χ4v) is 0.396. The van der Waals surface area contributed by atoms with Crippen LogP contribution in [0.15, 0.2) is 4.79 Å². The maximum Gasteiger partial charge on any atom is 0.308 e. The zero-order valence-corrected chi connectivity index (χ0v) is 4.38. The molecule has 0 aliphatic rings. The van der Waals surface area contributed by atoms with Crippen LogP contribution in [0.3, 0.4) is 0 Å². The van der Waals surface area contributed by atoms with Crippen molar-refractivity contribution in [2.75, 3.05) is 5.84 Å². The van der Waals surface area contributed by atoms with E-state index < -0.39 is 0 Å². The molecule has 0 aromatic carbocycles. The molecular formula is C3H6N4O. The van der Waals surface area contributed by atoms with Crippen LogP contribution in [0.25, 0.3) is 0 Å². The maximum absolute atomic E-state index is 10.5. The fraction of sp³-hybridized carbons (Fsp3) is 0.333. The summed E-state index contributed by atoms with van der Waals surface area (Å²) in [6.45, 7) is 1.59. The van der Waals surface area contributed by atoms with Gasteiger partial charge in [0.1, 0.15) is 5.69 Å². The molecule has 3 N–H and O–H groups in total. The lowest BCUT2D eigenvalue weighted by Gasteiger charge is -1.79. The van der Waals surface area contributed by atoms with Gasteiger partial charge in [0.25, 0.3) is 0 Å². The number of nitrogens with one attached hydrogen (secondary N) is 1. The molecule has 0 unspecified atom stereocenters. The number of nitrogen functional groups attached to an aromatic ring is 1. The summed E-state index contributed by atoms with van der Waals surface area (Å²) in [6, 6.07) is 0. The highest BCUT2D eigenvalue weighted by Crippen LogP contribution is 1.69. The molecule has 0 aliphatic carbocycles. The second-order valence-corrected chi connectivity index (χ2v) is 1.47. The van der Waals surface area contributed by atoms with Crippen molar-refractivity contribution < 1.29 is 0 Å². The highest BCUT2D eigenvalue weighted by Gasteiger charge is 1.95. The van der Waals surface area contributed by atoms with E-state index in [4.69, 9.17) is 5.84 Å². The lowest BCUT2D eigenvalue weighted by atomic mass is 10.6. The Labute approximate surface area is 45.1 Å². The summed E-state index contributed by atoms with van der Waals surface area (Å²) in [7, 11) is 0. The molecule has 0 bridgehead atoms. The first-order valence-corrected chi connectivity index (χ1v) is 2.11.